The Hall–Kier alpha value is -2.12. The molecular formula is C17H21N3O3S. The van der Waals surface area contributed by atoms with Gasteiger partial charge in [-0.05, 0) is 18.1 Å². The van der Waals surface area contributed by atoms with Gasteiger partial charge in [0.15, 0.2) is 0 Å². The van der Waals surface area contributed by atoms with Crippen molar-refractivity contribution in [2.45, 2.75) is 6.42 Å². The molecule has 0 spiro atoms. The third-order valence-electron chi connectivity index (χ3n) is 4.26. The maximum atomic E-state index is 12.5. The quantitative estimate of drug-likeness (QED) is 0.887. The van der Waals surface area contributed by atoms with Crippen LogP contribution in [0.3, 0.4) is 0 Å². The van der Waals surface area contributed by atoms with Crippen LogP contribution in [-0.4, -0.2) is 60.4 Å². The van der Waals surface area contributed by atoms with E-state index in [9.17, 15) is 13.2 Å². The summed E-state index contributed by atoms with van der Waals surface area (Å²) in [7, 11) is -3.30. The predicted octanol–water partition coefficient (Wildman–Crippen LogP) is 1.34. The lowest BCUT2D eigenvalue weighted by Crippen LogP contribution is -2.51. The Kier molecular flexibility index (Phi) is 5.01. The predicted molar refractivity (Wildman–Crippen MR) is 92.2 cm³/mol. The number of piperazine rings is 1. The summed E-state index contributed by atoms with van der Waals surface area (Å²) in [6.07, 6.45) is 3.87. The van der Waals surface area contributed by atoms with Crippen molar-refractivity contribution in [2.75, 3.05) is 31.9 Å². The fourth-order valence-corrected chi connectivity index (χ4v) is 4.30. The molecule has 3 rings (SSSR count). The number of aromatic amines is 1. The summed E-state index contributed by atoms with van der Waals surface area (Å²) in [6, 6.07) is 11.3. The highest BCUT2D eigenvalue weighted by Gasteiger charge is 2.29. The highest BCUT2D eigenvalue weighted by molar-refractivity contribution is 7.89. The van der Waals surface area contributed by atoms with Gasteiger partial charge in [-0.2, -0.15) is 4.31 Å². The third-order valence-corrected chi connectivity index (χ3v) is 6.13. The lowest BCUT2D eigenvalue weighted by atomic mass is 10.2. The van der Waals surface area contributed by atoms with Gasteiger partial charge in [-0.25, -0.2) is 8.42 Å². The summed E-state index contributed by atoms with van der Waals surface area (Å²) in [4.78, 5) is 16.8. The van der Waals surface area contributed by atoms with Gasteiger partial charge in [-0.3, -0.25) is 4.79 Å². The largest absolute Gasteiger partial charge is 0.367 e. The second kappa shape index (κ2) is 7.19. The summed E-state index contributed by atoms with van der Waals surface area (Å²) in [5.41, 5.74) is 1.62. The van der Waals surface area contributed by atoms with E-state index < -0.39 is 10.0 Å². The zero-order chi connectivity index (χ0) is 17.0. The van der Waals surface area contributed by atoms with Crippen molar-refractivity contribution in [3.05, 3.63) is 59.9 Å². The summed E-state index contributed by atoms with van der Waals surface area (Å²) >= 11 is 0. The zero-order valence-corrected chi connectivity index (χ0v) is 14.2. The van der Waals surface area contributed by atoms with Crippen molar-refractivity contribution in [3.63, 3.8) is 0 Å². The molecule has 0 radical (unpaired) electrons. The van der Waals surface area contributed by atoms with Crippen LogP contribution in [0.4, 0.5) is 0 Å². The number of carbonyl (C=O) groups is 1. The first-order chi connectivity index (χ1) is 11.6. The van der Waals surface area contributed by atoms with Crippen LogP contribution in [0.15, 0.2) is 48.8 Å². The SMILES string of the molecule is O=C(c1cc[nH]c1)N1CCN(S(=O)(=O)CCc2ccccc2)CC1. The van der Waals surface area contributed by atoms with E-state index in [0.29, 0.717) is 38.2 Å². The summed E-state index contributed by atoms with van der Waals surface area (Å²) < 4.78 is 26.5. The monoisotopic (exact) mass is 347 g/mol. The molecule has 2 heterocycles. The molecule has 1 aliphatic rings. The van der Waals surface area contributed by atoms with Crippen molar-refractivity contribution in [1.29, 1.82) is 0 Å². The van der Waals surface area contributed by atoms with Crippen LogP contribution in [0.5, 0.6) is 0 Å². The first kappa shape index (κ1) is 16.7. The number of carbonyl (C=O) groups excluding carboxylic acids is 1. The number of nitrogens with one attached hydrogen (secondary N) is 1. The van der Waals surface area contributed by atoms with Gasteiger partial charge in [0.1, 0.15) is 0 Å². The molecule has 128 valence electrons. The fourth-order valence-electron chi connectivity index (χ4n) is 2.83. The molecule has 1 fully saturated rings. The van der Waals surface area contributed by atoms with Gasteiger partial charge in [-0.15, -0.1) is 0 Å². The highest BCUT2D eigenvalue weighted by Crippen LogP contribution is 2.13. The van der Waals surface area contributed by atoms with E-state index in [1.807, 2.05) is 30.3 Å². The molecule has 2 aromatic rings. The number of amides is 1. The van der Waals surface area contributed by atoms with Crippen LogP contribution in [0.1, 0.15) is 15.9 Å². The minimum atomic E-state index is -3.30. The molecule has 1 saturated heterocycles. The number of rotatable bonds is 5. The van der Waals surface area contributed by atoms with E-state index in [1.54, 1.807) is 23.4 Å². The molecule has 0 saturated carbocycles. The van der Waals surface area contributed by atoms with Crippen molar-refractivity contribution < 1.29 is 13.2 Å². The lowest BCUT2D eigenvalue weighted by Gasteiger charge is -2.33. The Morgan fingerprint density at radius 2 is 1.75 bits per heavy atom. The molecule has 1 aliphatic heterocycles. The molecule has 0 unspecified atom stereocenters. The number of nitrogens with zero attached hydrogens (tertiary/aromatic N) is 2. The molecule has 6 nitrogen and oxygen atoms in total. The molecule has 0 aliphatic carbocycles. The van der Waals surface area contributed by atoms with E-state index in [4.69, 9.17) is 0 Å². The smallest absolute Gasteiger partial charge is 0.255 e. The zero-order valence-electron chi connectivity index (χ0n) is 13.4. The van der Waals surface area contributed by atoms with Crippen LogP contribution in [0.2, 0.25) is 0 Å². The van der Waals surface area contributed by atoms with Crippen molar-refractivity contribution in [2.24, 2.45) is 0 Å². The lowest BCUT2D eigenvalue weighted by molar-refractivity contribution is 0.0698. The average molecular weight is 347 g/mol. The molecule has 0 bridgehead atoms. The molecule has 0 atom stereocenters. The van der Waals surface area contributed by atoms with E-state index in [1.165, 1.54) is 4.31 Å². The second-order valence-corrected chi connectivity index (χ2v) is 7.93. The van der Waals surface area contributed by atoms with E-state index >= 15 is 0 Å². The minimum Gasteiger partial charge on any atom is -0.367 e. The minimum absolute atomic E-state index is 0.0578. The normalized spacial score (nSPS) is 16.2. The fraction of sp³-hybridized carbons (Fsp3) is 0.353. The van der Waals surface area contributed by atoms with E-state index in [-0.39, 0.29) is 11.7 Å². The van der Waals surface area contributed by atoms with Gasteiger partial charge in [0.25, 0.3) is 5.91 Å². The van der Waals surface area contributed by atoms with Crippen LogP contribution < -0.4 is 0 Å². The topological polar surface area (TPSA) is 73.5 Å². The van der Waals surface area contributed by atoms with Crippen LogP contribution >= 0.6 is 0 Å². The molecule has 1 N–H and O–H groups in total. The van der Waals surface area contributed by atoms with E-state index in [2.05, 4.69) is 4.98 Å². The standard InChI is InChI=1S/C17H21N3O3S/c21-17(16-6-8-18-14-16)19-9-11-20(12-10-19)24(22,23)13-7-15-4-2-1-3-5-15/h1-6,8,14,18H,7,9-13H2. The van der Waals surface area contributed by atoms with Gasteiger partial charge in [0.05, 0.1) is 11.3 Å². The summed E-state index contributed by atoms with van der Waals surface area (Å²) in [5, 5.41) is 0. The summed E-state index contributed by atoms with van der Waals surface area (Å²) in [6.45, 7) is 1.56. The number of benzene rings is 1. The number of sulfonamides is 1. The Morgan fingerprint density at radius 3 is 2.38 bits per heavy atom. The Balaban J connectivity index is 1.54. The van der Waals surface area contributed by atoms with Gasteiger partial charge in [0, 0.05) is 38.6 Å². The molecule has 24 heavy (non-hydrogen) atoms. The first-order valence-electron chi connectivity index (χ1n) is 8.00. The van der Waals surface area contributed by atoms with Crippen molar-refractivity contribution in [3.8, 4) is 0 Å². The van der Waals surface area contributed by atoms with Crippen molar-refractivity contribution in [1.82, 2.24) is 14.2 Å². The average Bonchev–Trinajstić information content (AvgIpc) is 3.15. The van der Waals surface area contributed by atoms with E-state index in [0.717, 1.165) is 5.56 Å². The molecule has 1 aromatic carbocycles. The number of aryl methyl sites for hydroxylation is 1. The molecule has 1 amide bonds. The first-order valence-corrected chi connectivity index (χ1v) is 9.61. The Labute approximate surface area is 142 Å². The highest BCUT2D eigenvalue weighted by atomic mass is 32.2. The van der Waals surface area contributed by atoms with Crippen molar-refractivity contribution >= 4 is 15.9 Å². The Morgan fingerprint density at radius 1 is 1.04 bits per heavy atom. The molecular weight excluding hydrogens is 326 g/mol. The summed E-state index contributed by atoms with van der Waals surface area (Å²) in [5.74, 6) is 0.0422. The van der Waals surface area contributed by atoms with Gasteiger partial charge in [0.2, 0.25) is 10.0 Å². The maximum Gasteiger partial charge on any atom is 0.255 e. The number of hydrogen-bond donors (Lipinski definition) is 1. The maximum absolute atomic E-state index is 12.5. The molecule has 7 heteroatoms. The van der Waals surface area contributed by atoms with Gasteiger partial charge in [-0.1, -0.05) is 30.3 Å². The van der Waals surface area contributed by atoms with Gasteiger partial charge >= 0.3 is 0 Å². The van der Waals surface area contributed by atoms with Crippen LogP contribution in [0.25, 0.3) is 0 Å². The second-order valence-electron chi connectivity index (χ2n) is 5.84. The van der Waals surface area contributed by atoms with Crippen LogP contribution in [0, 0.1) is 0 Å². The van der Waals surface area contributed by atoms with Gasteiger partial charge < -0.3 is 9.88 Å². The third kappa shape index (κ3) is 3.85. The number of hydrogen-bond acceptors (Lipinski definition) is 3. The molecule has 1 aromatic heterocycles. The number of H-pyrrole nitrogens is 1. The van der Waals surface area contributed by atoms with Crippen LogP contribution in [-0.2, 0) is 16.4 Å². The Bertz CT molecular complexity index is 765. The number of aromatic nitrogens is 1.